The Morgan fingerprint density at radius 1 is 1.50 bits per heavy atom. The zero-order chi connectivity index (χ0) is 13.5. The van der Waals surface area contributed by atoms with E-state index in [1.807, 2.05) is 6.92 Å². The lowest BCUT2D eigenvalue weighted by atomic mass is 10.4. The van der Waals surface area contributed by atoms with Crippen LogP contribution in [-0.4, -0.2) is 48.0 Å². The van der Waals surface area contributed by atoms with Gasteiger partial charge in [-0.15, -0.1) is 0 Å². The molecule has 2 atom stereocenters. The zero-order valence-electron chi connectivity index (χ0n) is 10.7. The molecule has 18 heavy (non-hydrogen) atoms. The van der Waals surface area contributed by atoms with Crippen LogP contribution in [0.1, 0.15) is 20.3 Å². The number of carbonyl (C=O) groups is 2. The van der Waals surface area contributed by atoms with E-state index in [1.165, 1.54) is 6.92 Å². The number of hydrogen-bond acceptors (Lipinski definition) is 5. The summed E-state index contributed by atoms with van der Waals surface area (Å²) in [5.74, 6) is -1.02. The monoisotopic (exact) mass is 255 g/mol. The maximum atomic E-state index is 11.5. The van der Waals surface area contributed by atoms with Gasteiger partial charge in [0.25, 0.3) is 0 Å². The van der Waals surface area contributed by atoms with Crippen LogP contribution in [0.2, 0.25) is 0 Å². The zero-order valence-corrected chi connectivity index (χ0v) is 10.7. The Labute approximate surface area is 106 Å². The molecule has 6 nitrogen and oxygen atoms in total. The Morgan fingerprint density at radius 3 is 2.78 bits per heavy atom. The van der Waals surface area contributed by atoms with E-state index < -0.39 is 18.0 Å². The van der Waals surface area contributed by atoms with Crippen molar-refractivity contribution in [1.29, 1.82) is 0 Å². The first-order valence-corrected chi connectivity index (χ1v) is 5.93. The Balaban J connectivity index is 2.33. The molecule has 2 N–H and O–H groups in total. The lowest BCUT2D eigenvalue weighted by molar-refractivity contribution is -0.440. The summed E-state index contributed by atoms with van der Waals surface area (Å²) in [5, 5.41) is 0. The predicted molar refractivity (Wildman–Crippen MR) is 65.1 cm³/mol. The summed E-state index contributed by atoms with van der Waals surface area (Å²) in [6.45, 7) is 3.75. The molecule has 1 aliphatic heterocycles. The summed E-state index contributed by atoms with van der Waals surface area (Å²) < 4.78 is 11.4. The molecule has 1 heterocycles. The molecule has 6 heteroatoms. The highest BCUT2D eigenvalue weighted by Gasteiger charge is 2.23. The molecule has 0 amide bonds. The van der Waals surface area contributed by atoms with Crippen LogP contribution < -0.4 is 5.73 Å². The number of nitrogens with two attached hydrogens (primary N) is 1. The van der Waals surface area contributed by atoms with Gasteiger partial charge in [0.1, 0.15) is 6.04 Å². The van der Waals surface area contributed by atoms with Crippen molar-refractivity contribution in [3.05, 3.63) is 12.3 Å². The molecular formula is C12H19N2O4+. The van der Waals surface area contributed by atoms with Crippen LogP contribution in [0.15, 0.2) is 12.3 Å². The SMILES string of the molecule is CCCOC(=O)C(C)OC(=O)C[N+]1=CC(N)C=C1. The second kappa shape index (κ2) is 6.90. The second-order valence-electron chi connectivity index (χ2n) is 4.04. The minimum absolute atomic E-state index is 0.0373. The minimum atomic E-state index is -0.885. The summed E-state index contributed by atoms with van der Waals surface area (Å²) in [5.41, 5.74) is 5.59. The van der Waals surface area contributed by atoms with Crippen molar-refractivity contribution in [2.24, 2.45) is 5.73 Å². The first-order valence-electron chi connectivity index (χ1n) is 5.93. The minimum Gasteiger partial charge on any atom is -0.463 e. The third-order valence-corrected chi connectivity index (χ3v) is 2.26. The summed E-state index contributed by atoms with van der Waals surface area (Å²) >= 11 is 0. The van der Waals surface area contributed by atoms with E-state index in [0.29, 0.717) is 6.61 Å². The van der Waals surface area contributed by atoms with E-state index in [1.54, 1.807) is 23.1 Å². The molecule has 2 unspecified atom stereocenters. The van der Waals surface area contributed by atoms with Crippen LogP contribution in [0, 0.1) is 0 Å². The molecule has 100 valence electrons. The number of ether oxygens (including phenoxy) is 2. The van der Waals surface area contributed by atoms with Gasteiger partial charge in [-0.05, 0) is 13.3 Å². The first kappa shape index (κ1) is 14.4. The van der Waals surface area contributed by atoms with E-state index >= 15 is 0 Å². The van der Waals surface area contributed by atoms with Gasteiger partial charge in [-0.2, -0.15) is 4.58 Å². The lowest BCUT2D eigenvalue weighted by Gasteiger charge is -2.11. The fourth-order valence-corrected chi connectivity index (χ4v) is 1.39. The van der Waals surface area contributed by atoms with Gasteiger partial charge in [0.2, 0.25) is 6.54 Å². The van der Waals surface area contributed by atoms with Crippen LogP contribution in [0.25, 0.3) is 0 Å². The molecule has 0 aromatic heterocycles. The fourth-order valence-electron chi connectivity index (χ4n) is 1.39. The van der Waals surface area contributed by atoms with E-state index in [-0.39, 0.29) is 12.6 Å². The molecule has 1 aliphatic rings. The summed E-state index contributed by atoms with van der Waals surface area (Å²) in [6, 6.07) is -0.176. The predicted octanol–water partition coefficient (Wildman–Crippen LogP) is -0.191. The molecule has 0 aromatic rings. The molecule has 0 spiro atoms. The van der Waals surface area contributed by atoms with Gasteiger partial charge in [0.15, 0.2) is 18.5 Å². The number of rotatable bonds is 6. The highest BCUT2D eigenvalue weighted by molar-refractivity contribution is 5.79. The van der Waals surface area contributed by atoms with Crippen LogP contribution in [0.3, 0.4) is 0 Å². The standard InChI is InChI=1S/C12H19N2O4/c1-3-6-17-12(16)9(2)18-11(15)8-14-5-4-10(13)7-14/h4-5,7,9-10H,3,6,8,13H2,1-2H3/q+1. The van der Waals surface area contributed by atoms with Gasteiger partial charge in [-0.25, -0.2) is 9.59 Å². The Hall–Kier alpha value is -1.69. The molecule has 0 aliphatic carbocycles. The normalized spacial score (nSPS) is 19.3. The second-order valence-corrected chi connectivity index (χ2v) is 4.04. The molecule has 0 aromatic carbocycles. The summed E-state index contributed by atoms with van der Waals surface area (Å²) in [6.07, 6.45) is 5.00. The molecule has 1 rings (SSSR count). The van der Waals surface area contributed by atoms with Gasteiger partial charge >= 0.3 is 11.9 Å². The van der Waals surface area contributed by atoms with Gasteiger partial charge in [-0.1, -0.05) is 6.92 Å². The van der Waals surface area contributed by atoms with E-state index in [2.05, 4.69) is 0 Å². The van der Waals surface area contributed by atoms with E-state index in [9.17, 15) is 9.59 Å². The first-order chi connectivity index (χ1) is 8.52. The summed E-state index contributed by atoms with van der Waals surface area (Å²) in [4.78, 5) is 22.9. The van der Waals surface area contributed by atoms with Crippen LogP contribution >= 0.6 is 0 Å². The average molecular weight is 255 g/mol. The topological polar surface area (TPSA) is 81.6 Å². The van der Waals surface area contributed by atoms with Crippen LogP contribution in [0.4, 0.5) is 0 Å². The average Bonchev–Trinajstić information content (AvgIpc) is 2.71. The molecule has 0 saturated heterocycles. The van der Waals surface area contributed by atoms with Gasteiger partial charge in [0, 0.05) is 6.08 Å². The smallest absolute Gasteiger partial charge is 0.373 e. The molecule has 0 radical (unpaired) electrons. The number of nitrogens with zero attached hydrogens (tertiary/aromatic N) is 1. The Kier molecular flexibility index (Phi) is 5.51. The van der Waals surface area contributed by atoms with Crippen molar-refractivity contribution in [3.63, 3.8) is 0 Å². The lowest BCUT2D eigenvalue weighted by Crippen LogP contribution is -2.30. The van der Waals surface area contributed by atoms with Crippen molar-refractivity contribution in [1.82, 2.24) is 0 Å². The van der Waals surface area contributed by atoms with Gasteiger partial charge < -0.3 is 15.2 Å². The number of hydrogen-bond donors (Lipinski definition) is 1. The van der Waals surface area contributed by atoms with E-state index in [4.69, 9.17) is 15.2 Å². The number of esters is 2. The van der Waals surface area contributed by atoms with Crippen molar-refractivity contribution in [3.8, 4) is 0 Å². The highest BCUT2D eigenvalue weighted by Crippen LogP contribution is 1.98. The van der Waals surface area contributed by atoms with Gasteiger partial charge in [0.05, 0.1) is 6.61 Å². The molecule has 0 saturated carbocycles. The highest BCUT2D eigenvalue weighted by atomic mass is 16.6. The third-order valence-electron chi connectivity index (χ3n) is 2.26. The fraction of sp³-hybridized carbons (Fsp3) is 0.583. The quantitative estimate of drug-likeness (QED) is 0.525. The number of carbonyl (C=O) groups excluding carboxylic acids is 2. The van der Waals surface area contributed by atoms with Crippen molar-refractivity contribution < 1.29 is 23.6 Å². The van der Waals surface area contributed by atoms with Crippen LogP contribution in [0.5, 0.6) is 0 Å². The largest absolute Gasteiger partial charge is 0.463 e. The maximum absolute atomic E-state index is 11.5. The maximum Gasteiger partial charge on any atom is 0.373 e. The molecular weight excluding hydrogens is 236 g/mol. The Bertz CT molecular complexity index is 376. The van der Waals surface area contributed by atoms with Crippen molar-refractivity contribution in [2.75, 3.05) is 13.2 Å². The third kappa shape index (κ3) is 4.67. The summed E-state index contributed by atoms with van der Waals surface area (Å²) in [7, 11) is 0. The van der Waals surface area contributed by atoms with Gasteiger partial charge in [-0.3, -0.25) is 0 Å². The van der Waals surface area contributed by atoms with Crippen molar-refractivity contribution in [2.45, 2.75) is 32.4 Å². The molecule has 0 fully saturated rings. The Morgan fingerprint density at radius 2 is 2.22 bits per heavy atom. The molecule has 0 bridgehead atoms. The van der Waals surface area contributed by atoms with Crippen LogP contribution in [-0.2, 0) is 19.1 Å². The van der Waals surface area contributed by atoms with E-state index in [0.717, 1.165) is 6.42 Å². The van der Waals surface area contributed by atoms with Crippen molar-refractivity contribution >= 4 is 18.2 Å².